The number of nitro benzene ring substituents is 1. The van der Waals surface area contributed by atoms with E-state index in [1.54, 1.807) is 37.3 Å². The molecule has 3 aromatic carbocycles. The molecule has 3 rings (SSSR count). The lowest BCUT2D eigenvalue weighted by Gasteiger charge is -2.32. The summed E-state index contributed by atoms with van der Waals surface area (Å²) in [6, 6.07) is 19.5. The van der Waals surface area contributed by atoms with Crippen molar-refractivity contribution in [1.82, 2.24) is 10.2 Å². The topological polar surface area (TPSA) is 92.6 Å². The zero-order chi connectivity index (χ0) is 25.4. The fraction of sp³-hybridized carbons (Fsp3) is 0.231. The van der Waals surface area contributed by atoms with Crippen molar-refractivity contribution >= 4 is 40.7 Å². The summed E-state index contributed by atoms with van der Waals surface area (Å²) in [6.07, 6.45) is -0.0126. The van der Waals surface area contributed by atoms with Gasteiger partial charge in [-0.2, -0.15) is 0 Å². The van der Waals surface area contributed by atoms with Crippen LogP contribution in [0, 0.1) is 10.1 Å². The Labute approximate surface area is 213 Å². The minimum atomic E-state index is -0.889. The number of halogens is 2. The highest BCUT2D eigenvalue weighted by Gasteiger charge is 2.32. The maximum absolute atomic E-state index is 13.7. The second-order valence-electron chi connectivity index (χ2n) is 7.88. The molecule has 0 saturated carbocycles. The van der Waals surface area contributed by atoms with Gasteiger partial charge < -0.3 is 10.2 Å². The Morgan fingerprint density at radius 1 is 0.971 bits per heavy atom. The number of para-hydroxylation sites is 1. The van der Waals surface area contributed by atoms with Crippen LogP contribution in [0.3, 0.4) is 0 Å². The highest BCUT2D eigenvalue weighted by Crippen LogP contribution is 2.28. The van der Waals surface area contributed by atoms with Gasteiger partial charge in [-0.05, 0) is 24.6 Å². The lowest BCUT2D eigenvalue weighted by atomic mass is 10.0. The first-order valence-corrected chi connectivity index (χ1v) is 11.8. The van der Waals surface area contributed by atoms with Gasteiger partial charge in [-0.15, -0.1) is 0 Å². The number of hydrogen-bond acceptors (Lipinski definition) is 4. The van der Waals surface area contributed by atoms with E-state index in [0.29, 0.717) is 22.2 Å². The Bertz CT molecular complexity index is 1180. The Hall–Kier alpha value is -3.42. The lowest BCUT2D eigenvalue weighted by Crippen LogP contribution is -2.51. The molecule has 182 valence electrons. The predicted octanol–water partition coefficient (Wildman–Crippen LogP) is 5.22. The number of nitrogens with zero attached hydrogens (tertiary/aromatic N) is 2. The molecule has 0 aliphatic rings. The molecule has 7 nitrogen and oxygen atoms in total. The Balaban J connectivity index is 2.05. The molecule has 0 spiro atoms. The van der Waals surface area contributed by atoms with Gasteiger partial charge in [0.2, 0.25) is 11.8 Å². The molecule has 0 fully saturated rings. The molecule has 0 aliphatic heterocycles. The number of rotatable bonds is 10. The zero-order valence-corrected chi connectivity index (χ0v) is 20.6. The first kappa shape index (κ1) is 26.2. The van der Waals surface area contributed by atoms with Crippen molar-refractivity contribution in [1.29, 1.82) is 0 Å². The number of benzene rings is 3. The van der Waals surface area contributed by atoms with Crippen molar-refractivity contribution in [2.24, 2.45) is 0 Å². The van der Waals surface area contributed by atoms with Gasteiger partial charge >= 0.3 is 0 Å². The van der Waals surface area contributed by atoms with Crippen LogP contribution in [0.25, 0.3) is 0 Å². The summed E-state index contributed by atoms with van der Waals surface area (Å²) in [5.41, 5.74) is 1.45. The van der Waals surface area contributed by atoms with Gasteiger partial charge in [0.25, 0.3) is 5.69 Å². The Kier molecular flexibility index (Phi) is 9.23. The van der Waals surface area contributed by atoms with Crippen molar-refractivity contribution in [3.8, 4) is 0 Å². The van der Waals surface area contributed by atoms with Crippen LogP contribution >= 0.6 is 23.2 Å². The zero-order valence-electron chi connectivity index (χ0n) is 19.1. The highest BCUT2D eigenvalue weighted by atomic mass is 35.5. The summed E-state index contributed by atoms with van der Waals surface area (Å²) in [6.45, 7) is 2.14. The molecule has 35 heavy (non-hydrogen) atoms. The van der Waals surface area contributed by atoms with Crippen LogP contribution in [0.5, 0.6) is 0 Å². The minimum Gasteiger partial charge on any atom is -0.355 e. The van der Waals surface area contributed by atoms with Crippen LogP contribution in [-0.2, 0) is 29.0 Å². The van der Waals surface area contributed by atoms with Crippen LogP contribution < -0.4 is 5.32 Å². The average Bonchev–Trinajstić information content (AvgIpc) is 2.83. The van der Waals surface area contributed by atoms with Crippen LogP contribution in [-0.4, -0.2) is 34.2 Å². The van der Waals surface area contributed by atoms with E-state index < -0.39 is 16.9 Å². The van der Waals surface area contributed by atoms with Crippen molar-refractivity contribution in [2.45, 2.75) is 32.4 Å². The molecule has 0 aliphatic carbocycles. The van der Waals surface area contributed by atoms with E-state index in [1.165, 1.54) is 17.0 Å². The molecular weight excluding hydrogens is 489 g/mol. The molecule has 0 aromatic heterocycles. The normalized spacial score (nSPS) is 11.5. The van der Waals surface area contributed by atoms with Gasteiger partial charge in [0.15, 0.2) is 0 Å². The van der Waals surface area contributed by atoms with Crippen LogP contribution in [0.15, 0.2) is 72.8 Å². The second kappa shape index (κ2) is 12.3. The fourth-order valence-corrected chi connectivity index (χ4v) is 4.32. The summed E-state index contributed by atoms with van der Waals surface area (Å²) < 4.78 is 0. The number of carbonyl (C=O) groups excluding carboxylic acids is 2. The molecule has 0 saturated heterocycles. The highest BCUT2D eigenvalue weighted by molar-refractivity contribution is 6.36. The first-order chi connectivity index (χ1) is 16.8. The average molecular weight is 514 g/mol. The quantitative estimate of drug-likeness (QED) is 0.297. The lowest BCUT2D eigenvalue weighted by molar-refractivity contribution is -0.385. The smallest absolute Gasteiger partial charge is 0.273 e. The second-order valence-corrected chi connectivity index (χ2v) is 8.70. The molecule has 0 heterocycles. The maximum Gasteiger partial charge on any atom is 0.273 e. The number of hydrogen-bond donors (Lipinski definition) is 1. The summed E-state index contributed by atoms with van der Waals surface area (Å²) >= 11 is 12.8. The molecule has 0 radical (unpaired) electrons. The molecule has 0 unspecified atom stereocenters. The Morgan fingerprint density at radius 3 is 2.23 bits per heavy atom. The third kappa shape index (κ3) is 6.81. The largest absolute Gasteiger partial charge is 0.355 e. The van der Waals surface area contributed by atoms with Gasteiger partial charge in [0.1, 0.15) is 6.04 Å². The summed E-state index contributed by atoms with van der Waals surface area (Å²) in [7, 11) is 0. The first-order valence-electron chi connectivity index (χ1n) is 11.1. The van der Waals surface area contributed by atoms with E-state index in [0.717, 1.165) is 5.56 Å². The Morgan fingerprint density at radius 2 is 1.60 bits per heavy atom. The van der Waals surface area contributed by atoms with Gasteiger partial charge in [-0.1, -0.05) is 77.8 Å². The van der Waals surface area contributed by atoms with Gasteiger partial charge in [-0.3, -0.25) is 19.7 Å². The van der Waals surface area contributed by atoms with E-state index in [4.69, 9.17) is 23.2 Å². The number of likely N-dealkylation sites (N-methyl/N-ethyl adjacent to an activating group) is 1. The SMILES string of the molecule is CCNC(=O)[C@H](Cc1ccccc1)N(Cc1c(Cl)cccc1Cl)C(=O)Cc1ccccc1[N+](=O)[O-]. The van der Waals surface area contributed by atoms with E-state index >= 15 is 0 Å². The van der Waals surface area contributed by atoms with Gasteiger partial charge in [0, 0.05) is 46.7 Å². The molecular formula is C26H25Cl2N3O4. The van der Waals surface area contributed by atoms with E-state index in [9.17, 15) is 19.7 Å². The van der Waals surface area contributed by atoms with E-state index in [-0.39, 0.29) is 36.5 Å². The van der Waals surface area contributed by atoms with Gasteiger partial charge in [-0.25, -0.2) is 0 Å². The van der Waals surface area contributed by atoms with Crippen LogP contribution in [0.4, 0.5) is 5.69 Å². The molecule has 1 N–H and O–H groups in total. The third-order valence-corrected chi connectivity index (χ3v) is 6.25. The monoisotopic (exact) mass is 513 g/mol. The number of carbonyl (C=O) groups is 2. The molecule has 2 amide bonds. The predicted molar refractivity (Wildman–Crippen MR) is 136 cm³/mol. The van der Waals surface area contributed by atoms with Crippen molar-refractivity contribution in [3.63, 3.8) is 0 Å². The fourth-order valence-electron chi connectivity index (χ4n) is 3.80. The standard InChI is InChI=1S/C26H25Cl2N3O4/c1-2-29-26(33)24(15-18-9-4-3-5-10-18)30(17-20-21(27)12-8-13-22(20)28)25(32)16-19-11-6-7-14-23(19)31(34)35/h3-14,24H,2,15-17H2,1H3,(H,29,33)/t24-/m0/s1. The maximum atomic E-state index is 13.7. The van der Waals surface area contributed by atoms with Crippen molar-refractivity contribution in [2.75, 3.05) is 6.54 Å². The summed E-state index contributed by atoms with van der Waals surface area (Å²) in [5, 5.41) is 15.0. The molecule has 0 bridgehead atoms. The van der Waals surface area contributed by atoms with Crippen LogP contribution in [0.1, 0.15) is 23.6 Å². The van der Waals surface area contributed by atoms with E-state index in [1.807, 2.05) is 30.3 Å². The molecule has 3 aromatic rings. The third-order valence-electron chi connectivity index (χ3n) is 5.54. The molecule has 9 heteroatoms. The minimum absolute atomic E-state index is 0.0351. The molecule has 1 atom stereocenters. The van der Waals surface area contributed by atoms with Crippen molar-refractivity contribution < 1.29 is 14.5 Å². The summed E-state index contributed by atoms with van der Waals surface area (Å²) in [4.78, 5) is 39.3. The number of nitrogens with one attached hydrogen (secondary N) is 1. The number of amides is 2. The number of nitro groups is 1. The van der Waals surface area contributed by atoms with Crippen LogP contribution in [0.2, 0.25) is 10.0 Å². The van der Waals surface area contributed by atoms with Gasteiger partial charge in [0.05, 0.1) is 11.3 Å². The summed E-state index contributed by atoms with van der Waals surface area (Å²) in [5.74, 6) is -0.794. The van der Waals surface area contributed by atoms with Crippen molar-refractivity contribution in [3.05, 3.63) is 110 Å². The van der Waals surface area contributed by atoms with E-state index in [2.05, 4.69) is 5.32 Å².